The standard InChI is InChI=1S/C18H33N3/c1-7-9-19-13-16-11-17(15(4)5)20-18(12-16)21(6)10-8-14(2)3/h11-12,14-15,19H,7-10,13H2,1-6H3. The summed E-state index contributed by atoms with van der Waals surface area (Å²) in [5.74, 6) is 2.30. The molecule has 1 heterocycles. The first-order valence-corrected chi connectivity index (χ1v) is 8.36. The second-order valence-corrected chi connectivity index (χ2v) is 6.69. The van der Waals surface area contributed by atoms with E-state index in [4.69, 9.17) is 4.98 Å². The van der Waals surface area contributed by atoms with Crippen molar-refractivity contribution in [3.05, 3.63) is 23.4 Å². The van der Waals surface area contributed by atoms with Gasteiger partial charge in [0.2, 0.25) is 0 Å². The highest BCUT2D eigenvalue weighted by Gasteiger charge is 2.10. The Morgan fingerprint density at radius 2 is 1.90 bits per heavy atom. The van der Waals surface area contributed by atoms with Crippen molar-refractivity contribution >= 4 is 5.82 Å². The Bertz CT molecular complexity index is 413. The van der Waals surface area contributed by atoms with Gasteiger partial charge in [-0.3, -0.25) is 0 Å². The van der Waals surface area contributed by atoms with E-state index in [0.717, 1.165) is 31.4 Å². The summed E-state index contributed by atoms with van der Waals surface area (Å²) in [6, 6.07) is 4.47. The molecule has 21 heavy (non-hydrogen) atoms. The fourth-order valence-corrected chi connectivity index (χ4v) is 2.16. The van der Waals surface area contributed by atoms with E-state index >= 15 is 0 Å². The van der Waals surface area contributed by atoms with Crippen molar-refractivity contribution in [2.45, 2.75) is 59.9 Å². The predicted octanol–water partition coefficient (Wildman–Crippen LogP) is 4.19. The van der Waals surface area contributed by atoms with Crippen LogP contribution in [0.25, 0.3) is 0 Å². The van der Waals surface area contributed by atoms with Crippen molar-refractivity contribution in [3.63, 3.8) is 0 Å². The van der Waals surface area contributed by atoms with Crippen LogP contribution >= 0.6 is 0 Å². The molecule has 0 spiro atoms. The van der Waals surface area contributed by atoms with Crippen molar-refractivity contribution in [1.82, 2.24) is 10.3 Å². The van der Waals surface area contributed by atoms with Gasteiger partial charge in [0.25, 0.3) is 0 Å². The van der Waals surface area contributed by atoms with Crippen LogP contribution < -0.4 is 10.2 Å². The topological polar surface area (TPSA) is 28.2 Å². The van der Waals surface area contributed by atoms with E-state index in [1.165, 1.54) is 24.1 Å². The van der Waals surface area contributed by atoms with E-state index in [2.05, 4.69) is 64.0 Å². The molecule has 120 valence electrons. The van der Waals surface area contributed by atoms with E-state index in [9.17, 15) is 0 Å². The molecule has 0 radical (unpaired) electrons. The van der Waals surface area contributed by atoms with Gasteiger partial charge < -0.3 is 10.2 Å². The molecule has 1 N–H and O–H groups in total. The molecule has 0 unspecified atom stereocenters. The molecule has 0 fully saturated rings. The lowest BCUT2D eigenvalue weighted by Gasteiger charge is -2.22. The van der Waals surface area contributed by atoms with E-state index in [1.807, 2.05) is 0 Å². The van der Waals surface area contributed by atoms with Gasteiger partial charge in [-0.05, 0) is 48.9 Å². The molecule has 0 aliphatic heterocycles. The van der Waals surface area contributed by atoms with Gasteiger partial charge >= 0.3 is 0 Å². The first kappa shape index (κ1) is 18.0. The molecule has 0 saturated heterocycles. The van der Waals surface area contributed by atoms with Gasteiger partial charge in [0.15, 0.2) is 0 Å². The number of hydrogen-bond donors (Lipinski definition) is 1. The molecule has 3 nitrogen and oxygen atoms in total. The molecule has 0 aliphatic rings. The third-order valence-corrected chi connectivity index (χ3v) is 3.67. The number of pyridine rings is 1. The maximum atomic E-state index is 4.84. The number of rotatable bonds is 9. The summed E-state index contributed by atoms with van der Waals surface area (Å²) in [5.41, 5.74) is 2.53. The Hall–Kier alpha value is -1.09. The van der Waals surface area contributed by atoms with Crippen LogP contribution in [0.4, 0.5) is 5.82 Å². The maximum absolute atomic E-state index is 4.84. The summed E-state index contributed by atoms with van der Waals surface area (Å²) >= 11 is 0. The summed E-state index contributed by atoms with van der Waals surface area (Å²) in [6.07, 6.45) is 2.37. The van der Waals surface area contributed by atoms with Crippen LogP contribution in [0.5, 0.6) is 0 Å². The minimum Gasteiger partial charge on any atom is -0.360 e. The predicted molar refractivity (Wildman–Crippen MR) is 93.0 cm³/mol. The zero-order valence-electron chi connectivity index (χ0n) is 14.7. The second kappa shape index (κ2) is 9.04. The van der Waals surface area contributed by atoms with E-state index < -0.39 is 0 Å². The summed E-state index contributed by atoms with van der Waals surface area (Å²) in [6.45, 7) is 14.2. The van der Waals surface area contributed by atoms with Gasteiger partial charge in [-0.15, -0.1) is 0 Å². The minimum absolute atomic E-state index is 0.466. The lowest BCUT2D eigenvalue weighted by Crippen LogP contribution is -2.22. The number of nitrogens with zero attached hydrogens (tertiary/aromatic N) is 2. The molecule has 0 atom stereocenters. The molecule has 3 heteroatoms. The van der Waals surface area contributed by atoms with Gasteiger partial charge in [0, 0.05) is 25.8 Å². The average molecular weight is 291 g/mol. The van der Waals surface area contributed by atoms with Crippen molar-refractivity contribution in [1.29, 1.82) is 0 Å². The molecule has 0 saturated carbocycles. The van der Waals surface area contributed by atoms with Crippen molar-refractivity contribution in [2.24, 2.45) is 5.92 Å². The zero-order valence-corrected chi connectivity index (χ0v) is 14.7. The van der Waals surface area contributed by atoms with Gasteiger partial charge in [-0.25, -0.2) is 4.98 Å². The molecule has 0 amide bonds. The molecule has 1 rings (SSSR count). The highest BCUT2D eigenvalue weighted by atomic mass is 15.2. The third-order valence-electron chi connectivity index (χ3n) is 3.67. The Balaban J connectivity index is 2.85. The summed E-state index contributed by atoms with van der Waals surface area (Å²) in [4.78, 5) is 7.12. The first-order valence-electron chi connectivity index (χ1n) is 8.36. The summed E-state index contributed by atoms with van der Waals surface area (Å²) < 4.78 is 0. The van der Waals surface area contributed by atoms with Crippen LogP contribution in [0.15, 0.2) is 12.1 Å². The summed E-state index contributed by atoms with van der Waals surface area (Å²) in [7, 11) is 2.15. The second-order valence-electron chi connectivity index (χ2n) is 6.69. The van der Waals surface area contributed by atoms with E-state index in [0.29, 0.717) is 5.92 Å². The van der Waals surface area contributed by atoms with Crippen LogP contribution in [0, 0.1) is 5.92 Å². The lowest BCUT2D eigenvalue weighted by atomic mass is 10.1. The van der Waals surface area contributed by atoms with E-state index in [-0.39, 0.29) is 0 Å². The number of anilines is 1. The van der Waals surface area contributed by atoms with Crippen molar-refractivity contribution in [3.8, 4) is 0 Å². The van der Waals surface area contributed by atoms with E-state index in [1.54, 1.807) is 0 Å². The maximum Gasteiger partial charge on any atom is 0.128 e. The largest absolute Gasteiger partial charge is 0.360 e. The molecule has 0 aliphatic carbocycles. The Morgan fingerprint density at radius 1 is 1.19 bits per heavy atom. The van der Waals surface area contributed by atoms with Gasteiger partial charge in [-0.1, -0.05) is 34.6 Å². The molecule has 0 bridgehead atoms. The molecule has 1 aromatic heterocycles. The van der Waals surface area contributed by atoms with Gasteiger partial charge in [0.1, 0.15) is 5.82 Å². The fourth-order valence-electron chi connectivity index (χ4n) is 2.16. The highest BCUT2D eigenvalue weighted by molar-refractivity contribution is 5.42. The van der Waals surface area contributed by atoms with Crippen LogP contribution in [0.3, 0.4) is 0 Å². The number of hydrogen-bond acceptors (Lipinski definition) is 3. The summed E-state index contributed by atoms with van der Waals surface area (Å²) in [5, 5.41) is 3.49. The molecular weight excluding hydrogens is 258 g/mol. The van der Waals surface area contributed by atoms with Crippen molar-refractivity contribution in [2.75, 3.05) is 25.0 Å². The smallest absolute Gasteiger partial charge is 0.128 e. The zero-order chi connectivity index (χ0) is 15.8. The van der Waals surface area contributed by atoms with Crippen LogP contribution in [0.2, 0.25) is 0 Å². The molecular formula is C18H33N3. The Morgan fingerprint density at radius 3 is 2.48 bits per heavy atom. The van der Waals surface area contributed by atoms with Crippen LogP contribution in [-0.2, 0) is 6.54 Å². The molecule has 1 aromatic rings. The minimum atomic E-state index is 0.466. The van der Waals surface area contributed by atoms with Crippen LogP contribution in [-0.4, -0.2) is 25.1 Å². The quantitative estimate of drug-likeness (QED) is 0.692. The van der Waals surface area contributed by atoms with Crippen molar-refractivity contribution < 1.29 is 0 Å². The Kier molecular flexibility index (Phi) is 7.73. The lowest BCUT2D eigenvalue weighted by molar-refractivity contribution is 0.583. The fraction of sp³-hybridized carbons (Fsp3) is 0.722. The first-order chi connectivity index (χ1) is 9.93. The molecule has 0 aromatic carbocycles. The highest BCUT2D eigenvalue weighted by Crippen LogP contribution is 2.20. The van der Waals surface area contributed by atoms with Gasteiger partial charge in [0.05, 0.1) is 0 Å². The number of aromatic nitrogens is 1. The average Bonchev–Trinajstić information content (AvgIpc) is 2.44. The number of nitrogens with one attached hydrogen (secondary N) is 1. The normalized spacial score (nSPS) is 11.4. The van der Waals surface area contributed by atoms with Crippen LogP contribution in [0.1, 0.15) is 64.6 Å². The van der Waals surface area contributed by atoms with Gasteiger partial charge in [-0.2, -0.15) is 0 Å². The Labute approximate surface area is 131 Å². The third kappa shape index (κ3) is 6.47. The monoisotopic (exact) mass is 291 g/mol. The SMILES string of the molecule is CCCNCc1cc(C(C)C)nc(N(C)CCC(C)C)c1.